The maximum Gasteiger partial charge on any atom is 0.329 e. The second-order valence-corrected chi connectivity index (χ2v) is 7.86. The number of hydrogen-bond acceptors (Lipinski definition) is 4. The minimum absolute atomic E-state index is 0.116. The Morgan fingerprint density at radius 3 is 2.59 bits per heavy atom. The second kappa shape index (κ2) is 11.1. The van der Waals surface area contributed by atoms with Crippen LogP contribution in [0, 0.1) is 17.8 Å². The minimum atomic E-state index is -1.31. The molecule has 0 bridgehead atoms. The first-order valence-corrected chi connectivity index (χ1v) is 10.7. The average molecular weight is 434 g/mol. The predicted octanol–water partition coefficient (Wildman–Crippen LogP) is 2.26. The van der Waals surface area contributed by atoms with Crippen LogP contribution in [0.15, 0.2) is 54.9 Å². The number of carboxylic acid groups (broad SMARTS) is 1. The van der Waals surface area contributed by atoms with Gasteiger partial charge in [0, 0.05) is 37.3 Å². The topological polar surface area (TPSA) is 99.6 Å². The normalized spacial score (nSPS) is 17.6. The number of likely N-dealkylation sites (tertiary alicyclic amines) is 1. The lowest BCUT2D eigenvalue weighted by Gasteiger charge is -2.38. The van der Waals surface area contributed by atoms with Crippen LogP contribution in [0.25, 0.3) is 0 Å². The lowest BCUT2D eigenvalue weighted by atomic mass is 9.89. The van der Waals surface area contributed by atoms with E-state index in [-0.39, 0.29) is 11.8 Å². The number of piperidine rings is 1. The number of aromatic nitrogens is 1. The van der Waals surface area contributed by atoms with Gasteiger partial charge in [-0.25, -0.2) is 4.79 Å². The molecule has 1 saturated heterocycles. The second-order valence-electron chi connectivity index (χ2n) is 7.86. The first kappa shape index (κ1) is 23.0. The Labute approximate surface area is 187 Å². The van der Waals surface area contributed by atoms with Crippen molar-refractivity contribution < 1.29 is 19.5 Å². The fourth-order valence-corrected chi connectivity index (χ4v) is 3.93. The van der Waals surface area contributed by atoms with Crippen molar-refractivity contribution in [2.45, 2.75) is 44.7 Å². The highest BCUT2D eigenvalue weighted by Gasteiger charge is 2.39. The van der Waals surface area contributed by atoms with Gasteiger partial charge in [0.15, 0.2) is 6.04 Å². The molecule has 32 heavy (non-hydrogen) atoms. The van der Waals surface area contributed by atoms with Gasteiger partial charge in [0.1, 0.15) is 6.04 Å². The quantitative estimate of drug-likeness (QED) is 0.653. The first-order chi connectivity index (χ1) is 15.5. The molecule has 0 saturated carbocycles. The van der Waals surface area contributed by atoms with Crippen LogP contribution >= 0.6 is 0 Å². The Balaban J connectivity index is 1.85. The van der Waals surface area contributed by atoms with Crippen molar-refractivity contribution in [2.24, 2.45) is 5.92 Å². The molecule has 3 atom stereocenters. The van der Waals surface area contributed by atoms with Crippen LogP contribution in [0.5, 0.6) is 0 Å². The largest absolute Gasteiger partial charge is 0.480 e. The van der Waals surface area contributed by atoms with Crippen LogP contribution in [0.3, 0.4) is 0 Å². The van der Waals surface area contributed by atoms with Crippen molar-refractivity contribution in [1.29, 1.82) is 0 Å². The molecule has 2 N–H and O–H groups in total. The summed E-state index contributed by atoms with van der Waals surface area (Å²) in [6.45, 7) is 1.66. The molecule has 1 fully saturated rings. The SMILES string of the molecule is CC(=O)N[C@@H](C(=O)O)[C@H](C#Cc1ccccc1)N1CCC[C@@H](CCc2ccncc2)C1=O. The Bertz CT molecular complexity index is 998. The number of carbonyl (C=O) groups excluding carboxylic acids is 2. The maximum atomic E-state index is 13.4. The van der Waals surface area contributed by atoms with Crippen LogP contribution in [-0.2, 0) is 20.8 Å². The van der Waals surface area contributed by atoms with Crippen LogP contribution in [-0.4, -0.2) is 51.4 Å². The molecule has 7 nitrogen and oxygen atoms in total. The molecular formula is C25H27N3O4. The zero-order valence-electron chi connectivity index (χ0n) is 18.0. The van der Waals surface area contributed by atoms with Gasteiger partial charge in [-0.2, -0.15) is 0 Å². The van der Waals surface area contributed by atoms with Crippen LogP contribution in [0.4, 0.5) is 0 Å². The molecule has 0 spiro atoms. The van der Waals surface area contributed by atoms with E-state index in [4.69, 9.17) is 0 Å². The molecule has 0 aliphatic carbocycles. The van der Waals surface area contributed by atoms with Gasteiger partial charge >= 0.3 is 5.97 Å². The number of benzene rings is 1. The van der Waals surface area contributed by atoms with Gasteiger partial charge in [0.2, 0.25) is 11.8 Å². The molecule has 166 valence electrons. The molecule has 1 aromatic heterocycles. The van der Waals surface area contributed by atoms with E-state index in [2.05, 4.69) is 22.1 Å². The number of carboxylic acids is 1. The molecular weight excluding hydrogens is 406 g/mol. The van der Waals surface area contributed by atoms with Crippen LogP contribution in [0.1, 0.15) is 37.3 Å². The molecule has 1 aliphatic heterocycles. The van der Waals surface area contributed by atoms with Crippen molar-refractivity contribution in [3.8, 4) is 11.8 Å². The van der Waals surface area contributed by atoms with Gasteiger partial charge in [-0.05, 0) is 55.5 Å². The van der Waals surface area contributed by atoms with Crippen molar-refractivity contribution in [2.75, 3.05) is 6.54 Å². The van der Waals surface area contributed by atoms with E-state index >= 15 is 0 Å². The molecule has 3 rings (SSSR count). The molecule has 2 aromatic rings. The summed E-state index contributed by atoms with van der Waals surface area (Å²) in [6.07, 6.45) is 6.35. The van der Waals surface area contributed by atoms with Gasteiger partial charge in [0.05, 0.1) is 0 Å². The van der Waals surface area contributed by atoms with Crippen molar-refractivity contribution in [1.82, 2.24) is 15.2 Å². The van der Waals surface area contributed by atoms with E-state index < -0.39 is 24.0 Å². The first-order valence-electron chi connectivity index (χ1n) is 10.7. The smallest absolute Gasteiger partial charge is 0.329 e. The van der Waals surface area contributed by atoms with Crippen LogP contribution < -0.4 is 5.32 Å². The molecule has 0 unspecified atom stereocenters. The van der Waals surface area contributed by atoms with E-state index in [1.807, 2.05) is 42.5 Å². The average Bonchev–Trinajstić information content (AvgIpc) is 2.79. The summed E-state index contributed by atoms with van der Waals surface area (Å²) in [4.78, 5) is 42.6. The number of aliphatic carboxylic acids is 1. The van der Waals surface area contributed by atoms with Crippen LogP contribution in [0.2, 0.25) is 0 Å². The standard InChI is InChI=1S/C25H27N3O4/c1-18(29)27-23(25(31)32)22(12-10-19-6-3-2-4-7-19)28-17-5-8-21(24(28)30)11-9-20-13-15-26-16-14-20/h2-4,6-7,13-16,21-23H,5,8-9,11,17H2,1H3,(H,27,29)(H,31,32)/t21-,22-,23+/m0/s1. The number of nitrogens with one attached hydrogen (secondary N) is 1. The number of amides is 2. The predicted molar refractivity (Wildman–Crippen MR) is 119 cm³/mol. The number of hydrogen-bond donors (Lipinski definition) is 2. The van der Waals surface area contributed by atoms with Gasteiger partial charge in [0.25, 0.3) is 0 Å². The summed E-state index contributed by atoms with van der Waals surface area (Å²) >= 11 is 0. The Hall–Kier alpha value is -3.66. The van der Waals surface area contributed by atoms with Gasteiger partial charge in [-0.1, -0.05) is 30.0 Å². The highest BCUT2D eigenvalue weighted by atomic mass is 16.4. The van der Waals surface area contributed by atoms with Gasteiger partial charge < -0.3 is 15.3 Å². The van der Waals surface area contributed by atoms with Crippen molar-refractivity contribution in [3.05, 3.63) is 66.0 Å². The van der Waals surface area contributed by atoms with E-state index in [9.17, 15) is 19.5 Å². The minimum Gasteiger partial charge on any atom is -0.480 e. The maximum absolute atomic E-state index is 13.4. The third-order valence-electron chi connectivity index (χ3n) is 5.53. The Kier molecular flexibility index (Phi) is 7.98. The number of rotatable bonds is 7. The van der Waals surface area contributed by atoms with E-state index in [0.717, 1.165) is 24.8 Å². The highest BCUT2D eigenvalue weighted by Crippen LogP contribution is 2.25. The van der Waals surface area contributed by atoms with E-state index in [1.54, 1.807) is 12.4 Å². The van der Waals surface area contributed by atoms with Crippen molar-refractivity contribution in [3.63, 3.8) is 0 Å². The Morgan fingerprint density at radius 1 is 1.22 bits per heavy atom. The fraction of sp³-hybridized carbons (Fsp3) is 0.360. The van der Waals surface area contributed by atoms with Gasteiger partial charge in [-0.3, -0.25) is 14.6 Å². The molecule has 7 heteroatoms. The zero-order chi connectivity index (χ0) is 22.9. The summed E-state index contributed by atoms with van der Waals surface area (Å²) < 4.78 is 0. The van der Waals surface area contributed by atoms with E-state index in [0.29, 0.717) is 18.5 Å². The fourth-order valence-electron chi connectivity index (χ4n) is 3.93. The van der Waals surface area contributed by atoms with E-state index in [1.165, 1.54) is 11.8 Å². The lowest BCUT2D eigenvalue weighted by Crippen LogP contribution is -2.58. The summed E-state index contributed by atoms with van der Waals surface area (Å²) in [5, 5.41) is 12.3. The van der Waals surface area contributed by atoms with Crippen molar-refractivity contribution >= 4 is 17.8 Å². The Morgan fingerprint density at radius 2 is 1.94 bits per heavy atom. The summed E-state index contributed by atoms with van der Waals surface area (Å²) in [5.41, 5.74) is 1.81. The third-order valence-corrected chi connectivity index (χ3v) is 5.53. The molecule has 0 radical (unpaired) electrons. The summed E-state index contributed by atoms with van der Waals surface area (Å²) in [6, 6.07) is 10.7. The lowest BCUT2D eigenvalue weighted by molar-refractivity contribution is -0.147. The molecule has 1 aliphatic rings. The monoisotopic (exact) mass is 433 g/mol. The molecule has 1 aromatic carbocycles. The molecule has 2 heterocycles. The third kappa shape index (κ3) is 6.17. The molecule has 2 amide bonds. The highest BCUT2D eigenvalue weighted by molar-refractivity contribution is 5.86. The number of nitrogens with zero attached hydrogens (tertiary/aromatic N) is 2. The summed E-state index contributed by atoms with van der Waals surface area (Å²) in [7, 11) is 0. The summed E-state index contributed by atoms with van der Waals surface area (Å²) in [5.74, 6) is 3.91. The number of aryl methyl sites for hydroxylation is 1. The number of carbonyl (C=O) groups is 3. The number of pyridine rings is 1. The zero-order valence-corrected chi connectivity index (χ0v) is 18.0. The van der Waals surface area contributed by atoms with Gasteiger partial charge in [-0.15, -0.1) is 0 Å².